The third kappa shape index (κ3) is 4.72. The van der Waals surface area contributed by atoms with Crippen LogP contribution < -0.4 is 15.8 Å². The van der Waals surface area contributed by atoms with E-state index in [1.54, 1.807) is 24.3 Å². The molecule has 2 rings (SSSR count). The molecule has 0 aliphatic heterocycles. The summed E-state index contributed by atoms with van der Waals surface area (Å²) in [5.41, 5.74) is 7.00. The van der Waals surface area contributed by atoms with E-state index < -0.39 is 0 Å². The van der Waals surface area contributed by atoms with Crippen LogP contribution in [0, 0.1) is 0 Å². The minimum absolute atomic E-state index is 0.0923. The van der Waals surface area contributed by atoms with E-state index in [1.165, 1.54) is 12.1 Å². The molecule has 0 aromatic heterocycles. The van der Waals surface area contributed by atoms with Gasteiger partial charge in [-0.1, -0.05) is 12.1 Å². The number of carbonyl (C=O) groups excluding carboxylic acids is 1. The molecule has 0 saturated heterocycles. The molecule has 0 saturated carbocycles. The number of nitrogens with two attached hydrogens (primary N) is 1. The second kappa shape index (κ2) is 7.19. The average molecular weight is 286 g/mol. The van der Waals surface area contributed by atoms with Gasteiger partial charge in [-0.2, -0.15) is 0 Å². The van der Waals surface area contributed by atoms with Gasteiger partial charge in [0.15, 0.2) is 0 Å². The summed E-state index contributed by atoms with van der Waals surface area (Å²) < 4.78 is 5.52. The highest BCUT2D eigenvalue weighted by atomic mass is 16.5. The minimum Gasteiger partial charge on any atom is -0.508 e. The summed E-state index contributed by atoms with van der Waals surface area (Å²) in [4.78, 5) is 11.7. The van der Waals surface area contributed by atoms with E-state index in [2.05, 4.69) is 5.32 Å². The Morgan fingerprint density at radius 2 is 1.86 bits per heavy atom. The molecule has 0 unspecified atom stereocenters. The van der Waals surface area contributed by atoms with Gasteiger partial charge in [-0.05, 0) is 42.8 Å². The molecule has 21 heavy (non-hydrogen) atoms. The molecule has 0 aliphatic rings. The zero-order chi connectivity index (χ0) is 15.1. The highest BCUT2D eigenvalue weighted by Gasteiger charge is 2.03. The first-order valence-corrected chi connectivity index (χ1v) is 6.71. The summed E-state index contributed by atoms with van der Waals surface area (Å²) in [6.45, 7) is 0.428. The monoisotopic (exact) mass is 286 g/mol. The van der Waals surface area contributed by atoms with Crippen molar-refractivity contribution in [2.75, 3.05) is 17.7 Å². The second-order valence-electron chi connectivity index (χ2n) is 4.58. The summed E-state index contributed by atoms with van der Waals surface area (Å²) in [6.07, 6.45) is 0.950. The second-order valence-corrected chi connectivity index (χ2v) is 4.58. The van der Waals surface area contributed by atoms with Gasteiger partial charge in [0.25, 0.3) is 0 Å². The molecule has 0 bridgehead atoms. The van der Waals surface area contributed by atoms with Crippen molar-refractivity contribution in [2.45, 2.75) is 12.8 Å². The largest absolute Gasteiger partial charge is 0.508 e. The first-order valence-electron chi connectivity index (χ1n) is 6.71. The Hall–Kier alpha value is -2.69. The first-order chi connectivity index (χ1) is 10.1. The summed E-state index contributed by atoms with van der Waals surface area (Å²) in [5, 5.41) is 11.9. The molecular formula is C16H18N2O3. The number of amides is 1. The van der Waals surface area contributed by atoms with Crippen LogP contribution in [-0.2, 0) is 4.79 Å². The molecule has 1 amide bonds. The Morgan fingerprint density at radius 3 is 2.57 bits per heavy atom. The van der Waals surface area contributed by atoms with Gasteiger partial charge < -0.3 is 20.9 Å². The molecule has 110 valence electrons. The summed E-state index contributed by atoms with van der Waals surface area (Å²) in [6, 6.07) is 13.6. The molecule has 0 atom stereocenters. The van der Waals surface area contributed by atoms with E-state index >= 15 is 0 Å². The predicted octanol–water partition coefficient (Wildman–Crippen LogP) is 2.77. The van der Waals surface area contributed by atoms with E-state index in [0.29, 0.717) is 36.6 Å². The number of aromatic hydroxyl groups is 1. The van der Waals surface area contributed by atoms with E-state index in [-0.39, 0.29) is 11.7 Å². The first kappa shape index (κ1) is 14.7. The van der Waals surface area contributed by atoms with Crippen molar-refractivity contribution in [1.82, 2.24) is 0 Å². The lowest BCUT2D eigenvalue weighted by Gasteiger charge is -2.08. The Kier molecular flexibility index (Phi) is 5.04. The van der Waals surface area contributed by atoms with Crippen LogP contribution in [0.15, 0.2) is 48.5 Å². The van der Waals surface area contributed by atoms with Crippen molar-refractivity contribution in [3.63, 3.8) is 0 Å². The van der Waals surface area contributed by atoms with Gasteiger partial charge in [-0.15, -0.1) is 0 Å². The predicted molar refractivity (Wildman–Crippen MR) is 82.3 cm³/mol. The van der Waals surface area contributed by atoms with Crippen molar-refractivity contribution >= 4 is 17.3 Å². The van der Waals surface area contributed by atoms with Crippen LogP contribution in [0.25, 0.3) is 0 Å². The molecular weight excluding hydrogens is 268 g/mol. The van der Waals surface area contributed by atoms with Crippen molar-refractivity contribution in [3.8, 4) is 11.5 Å². The number of ether oxygens (including phenoxy) is 1. The number of benzene rings is 2. The molecule has 0 heterocycles. The SMILES string of the molecule is Nc1ccccc1OCCCC(=O)Nc1ccc(O)cc1. The van der Waals surface area contributed by atoms with Crippen molar-refractivity contribution in [2.24, 2.45) is 0 Å². The zero-order valence-electron chi connectivity index (χ0n) is 11.6. The van der Waals surface area contributed by atoms with Crippen LogP contribution in [0.5, 0.6) is 11.5 Å². The minimum atomic E-state index is -0.0923. The number of phenols is 1. The van der Waals surface area contributed by atoms with Gasteiger partial charge in [0, 0.05) is 12.1 Å². The molecule has 5 nitrogen and oxygen atoms in total. The number of phenolic OH excluding ortho intramolecular Hbond substituents is 1. The van der Waals surface area contributed by atoms with Gasteiger partial charge in [-0.3, -0.25) is 4.79 Å². The Morgan fingerprint density at radius 1 is 1.14 bits per heavy atom. The Balaban J connectivity index is 1.70. The standard InChI is InChI=1S/C16H18N2O3/c17-14-4-1-2-5-15(14)21-11-3-6-16(20)18-12-7-9-13(19)10-8-12/h1-2,4-5,7-10,19H,3,6,11,17H2,(H,18,20). The number of hydrogen-bond donors (Lipinski definition) is 3. The number of carbonyl (C=O) groups is 1. The molecule has 0 fully saturated rings. The summed E-state index contributed by atoms with van der Waals surface area (Å²) in [7, 11) is 0. The topological polar surface area (TPSA) is 84.6 Å². The molecule has 0 radical (unpaired) electrons. The fourth-order valence-electron chi connectivity index (χ4n) is 1.80. The molecule has 2 aromatic rings. The molecule has 2 aromatic carbocycles. The molecule has 0 spiro atoms. The van der Waals surface area contributed by atoms with E-state index in [9.17, 15) is 4.79 Å². The number of hydrogen-bond acceptors (Lipinski definition) is 4. The number of nitrogens with one attached hydrogen (secondary N) is 1. The van der Waals surface area contributed by atoms with Gasteiger partial charge >= 0.3 is 0 Å². The highest BCUT2D eigenvalue weighted by Crippen LogP contribution is 2.20. The van der Waals surface area contributed by atoms with Gasteiger partial charge in [0.1, 0.15) is 11.5 Å². The maximum Gasteiger partial charge on any atom is 0.224 e. The maximum absolute atomic E-state index is 11.7. The van der Waals surface area contributed by atoms with Gasteiger partial charge in [-0.25, -0.2) is 0 Å². The summed E-state index contributed by atoms with van der Waals surface area (Å²) in [5.74, 6) is 0.712. The Labute approximate surface area is 123 Å². The molecule has 4 N–H and O–H groups in total. The highest BCUT2D eigenvalue weighted by molar-refractivity contribution is 5.90. The van der Waals surface area contributed by atoms with Crippen molar-refractivity contribution in [3.05, 3.63) is 48.5 Å². The lowest BCUT2D eigenvalue weighted by Crippen LogP contribution is -2.12. The lowest BCUT2D eigenvalue weighted by molar-refractivity contribution is -0.116. The van der Waals surface area contributed by atoms with Crippen molar-refractivity contribution in [1.29, 1.82) is 0 Å². The number of anilines is 2. The quantitative estimate of drug-likeness (QED) is 0.433. The van der Waals surface area contributed by atoms with Gasteiger partial charge in [0.2, 0.25) is 5.91 Å². The third-order valence-electron chi connectivity index (χ3n) is 2.88. The average Bonchev–Trinajstić information content (AvgIpc) is 2.48. The number of nitrogen functional groups attached to an aromatic ring is 1. The van der Waals surface area contributed by atoms with Crippen LogP contribution in [0.3, 0.4) is 0 Å². The number of rotatable bonds is 6. The number of para-hydroxylation sites is 2. The van der Waals surface area contributed by atoms with Crippen LogP contribution in [0.2, 0.25) is 0 Å². The van der Waals surface area contributed by atoms with Crippen LogP contribution in [0.4, 0.5) is 11.4 Å². The summed E-state index contributed by atoms with van der Waals surface area (Å²) >= 11 is 0. The maximum atomic E-state index is 11.7. The van der Waals surface area contributed by atoms with Crippen LogP contribution in [-0.4, -0.2) is 17.6 Å². The normalized spacial score (nSPS) is 10.1. The van der Waals surface area contributed by atoms with E-state index in [0.717, 1.165) is 0 Å². The third-order valence-corrected chi connectivity index (χ3v) is 2.88. The zero-order valence-corrected chi connectivity index (χ0v) is 11.6. The van der Waals surface area contributed by atoms with Crippen molar-refractivity contribution < 1.29 is 14.6 Å². The van der Waals surface area contributed by atoms with Crippen LogP contribution >= 0.6 is 0 Å². The fourth-order valence-corrected chi connectivity index (χ4v) is 1.80. The smallest absolute Gasteiger partial charge is 0.224 e. The lowest BCUT2D eigenvalue weighted by atomic mass is 10.2. The fraction of sp³-hybridized carbons (Fsp3) is 0.188. The Bertz CT molecular complexity index is 597. The van der Waals surface area contributed by atoms with Crippen LogP contribution in [0.1, 0.15) is 12.8 Å². The van der Waals surface area contributed by atoms with E-state index in [4.69, 9.17) is 15.6 Å². The molecule has 0 aliphatic carbocycles. The molecule has 5 heteroatoms. The van der Waals surface area contributed by atoms with E-state index in [1.807, 2.05) is 12.1 Å². The van der Waals surface area contributed by atoms with Gasteiger partial charge in [0.05, 0.1) is 12.3 Å².